The molecule has 0 aliphatic carbocycles. The maximum atomic E-state index is 11.9. The highest BCUT2D eigenvalue weighted by Crippen LogP contribution is 2.11. The van der Waals surface area contributed by atoms with E-state index in [9.17, 15) is 9.59 Å². The highest BCUT2D eigenvalue weighted by atomic mass is 16.2. The van der Waals surface area contributed by atoms with Gasteiger partial charge in [-0.05, 0) is 13.3 Å². The van der Waals surface area contributed by atoms with Gasteiger partial charge in [-0.1, -0.05) is 64.7 Å². The highest BCUT2D eigenvalue weighted by molar-refractivity contribution is 5.94. The summed E-state index contributed by atoms with van der Waals surface area (Å²) >= 11 is 0. The van der Waals surface area contributed by atoms with Gasteiger partial charge in [0.1, 0.15) is 6.04 Å². The molecule has 0 radical (unpaired) electrons. The van der Waals surface area contributed by atoms with E-state index in [-0.39, 0.29) is 24.4 Å². The third-order valence-electron chi connectivity index (χ3n) is 4.18. The molecule has 1 rings (SSSR count). The molecular weight excluding hydrogens is 264 g/mol. The van der Waals surface area contributed by atoms with E-state index in [4.69, 9.17) is 0 Å². The monoisotopic (exact) mass is 296 g/mol. The van der Waals surface area contributed by atoms with Crippen molar-refractivity contribution in [3.63, 3.8) is 0 Å². The number of nitrogens with one attached hydrogen (secondary N) is 1. The van der Waals surface area contributed by atoms with E-state index in [1.165, 1.54) is 51.4 Å². The van der Waals surface area contributed by atoms with Crippen LogP contribution in [0.1, 0.15) is 78.1 Å². The summed E-state index contributed by atoms with van der Waals surface area (Å²) < 4.78 is 0. The molecule has 1 unspecified atom stereocenters. The van der Waals surface area contributed by atoms with Gasteiger partial charge in [-0.2, -0.15) is 0 Å². The minimum absolute atomic E-state index is 0.0332. The number of rotatable bonds is 11. The minimum Gasteiger partial charge on any atom is -0.343 e. The van der Waals surface area contributed by atoms with E-state index in [1.807, 2.05) is 0 Å². The number of hydrogen-bond donors (Lipinski definition) is 1. The third-order valence-corrected chi connectivity index (χ3v) is 4.18. The molecule has 21 heavy (non-hydrogen) atoms. The average Bonchev–Trinajstić information content (AvgIpc) is 2.45. The van der Waals surface area contributed by atoms with Crippen LogP contribution >= 0.6 is 0 Å². The zero-order chi connectivity index (χ0) is 15.5. The van der Waals surface area contributed by atoms with Crippen LogP contribution in [-0.4, -0.2) is 35.8 Å². The van der Waals surface area contributed by atoms with Gasteiger partial charge in [0.05, 0.1) is 6.54 Å². The van der Waals surface area contributed by atoms with Gasteiger partial charge in [0.25, 0.3) is 0 Å². The molecule has 0 aromatic carbocycles. The zero-order valence-corrected chi connectivity index (χ0v) is 13.8. The molecule has 1 atom stereocenters. The summed E-state index contributed by atoms with van der Waals surface area (Å²) in [5.41, 5.74) is 0. The van der Waals surface area contributed by atoms with E-state index in [0.29, 0.717) is 0 Å². The van der Waals surface area contributed by atoms with Crippen LogP contribution in [0.3, 0.4) is 0 Å². The Morgan fingerprint density at radius 2 is 1.48 bits per heavy atom. The van der Waals surface area contributed by atoms with Crippen molar-refractivity contribution < 1.29 is 9.59 Å². The molecule has 1 heterocycles. The Morgan fingerprint density at radius 1 is 0.952 bits per heavy atom. The molecule has 1 fully saturated rings. The van der Waals surface area contributed by atoms with Crippen molar-refractivity contribution in [1.29, 1.82) is 0 Å². The number of hydrogen-bond acceptors (Lipinski definition) is 2. The van der Waals surface area contributed by atoms with E-state index >= 15 is 0 Å². The number of unbranched alkanes of at least 4 members (excludes halogenated alkanes) is 9. The maximum absolute atomic E-state index is 11.9. The number of carbonyl (C=O) groups is 2. The summed E-state index contributed by atoms with van der Waals surface area (Å²) in [5.74, 6) is 0.0275. The van der Waals surface area contributed by atoms with E-state index < -0.39 is 0 Å². The maximum Gasteiger partial charge on any atom is 0.245 e. The predicted octanol–water partition coefficient (Wildman–Crippen LogP) is 3.25. The summed E-state index contributed by atoms with van der Waals surface area (Å²) in [4.78, 5) is 25.0. The lowest BCUT2D eigenvalue weighted by Crippen LogP contribution is -2.56. The highest BCUT2D eigenvalue weighted by Gasteiger charge is 2.28. The second-order valence-electron chi connectivity index (χ2n) is 6.23. The third kappa shape index (κ3) is 7.49. The Kier molecular flexibility index (Phi) is 9.11. The van der Waals surface area contributed by atoms with Crippen molar-refractivity contribution in [2.75, 3.05) is 13.1 Å². The van der Waals surface area contributed by atoms with Crippen LogP contribution in [0.15, 0.2) is 0 Å². The SMILES string of the molecule is CCCCCCCCCCCCN1CC(=O)NC(C)C1=O. The van der Waals surface area contributed by atoms with Gasteiger partial charge < -0.3 is 10.2 Å². The van der Waals surface area contributed by atoms with Gasteiger partial charge in [-0.15, -0.1) is 0 Å². The minimum atomic E-state index is -0.352. The number of carbonyl (C=O) groups excluding carboxylic acids is 2. The van der Waals surface area contributed by atoms with Crippen molar-refractivity contribution in [2.24, 2.45) is 0 Å². The molecule has 1 aliphatic heterocycles. The quantitative estimate of drug-likeness (QED) is 0.595. The molecule has 0 aromatic rings. The lowest BCUT2D eigenvalue weighted by Gasteiger charge is -2.30. The molecule has 0 aromatic heterocycles. The standard InChI is InChI=1S/C17H32N2O2/c1-3-4-5-6-7-8-9-10-11-12-13-19-14-16(20)18-15(2)17(19)21/h15H,3-14H2,1-2H3,(H,18,20). The second-order valence-corrected chi connectivity index (χ2v) is 6.23. The molecule has 0 saturated carbocycles. The van der Waals surface area contributed by atoms with Gasteiger partial charge in [-0.25, -0.2) is 0 Å². The Bertz CT molecular complexity index is 318. The van der Waals surface area contributed by atoms with Crippen molar-refractivity contribution in [1.82, 2.24) is 10.2 Å². The number of nitrogens with zero attached hydrogens (tertiary/aromatic N) is 1. The largest absolute Gasteiger partial charge is 0.343 e. The van der Waals surface area contributed by atoms with Gasteiger partial charge >= 0.3 is 0 Å². The van der Waals surface area contributed by atoms with Crippen LogP contribution in [0.25, 0.3) is 0 Å². The molecule has 1 N–H and O–H groups in total. The first kappa shape index (κ1) is 18.0. The van der Waals surface area contributed by atoms with Crippen molar-refractivity contribution in [3.05, 3.63) is 0 Å². The number of piperazine rings is 1. The molecule has 122 valence electrons. The smallest absolute Gasteiger partial charge is 0.245 e. The first-order chi connectivity index (χ1) is 10.1. The molecule has 4 heteroatoms. The Balaban J connectivity index is 1.96. The summed E-state index contributed by atoms with van der Waals surface area (Å²) in [7, 11) is 0. The molecule has 1 aliphatic rings. The topological polar surface area (TPSA) is 49.4 Å². The fourth-order valence-corrected chi connectivity index (χ4v) is 2.85. The van der Waals surface area contributed by atoms with E-state index in [1.54, 1.807) is 11.8 Å². The molecule has 4 nitrogen and oxygen atoms in total. The lowest BCUT2D eigenvalue weighted by atomic mass is 10.1. The lowest BCUT2D eigenvalue weighted by molar-refractivity contribution is -0.143. The van der Waals surface area contributed by atoms with Gasteiger partial charge in [-0.3, -0.25) is 9.59 Å². The van der Waals surface area contributed by atoms with Crippen LogP contribution in [0.4, 0.5) is 0 Å². The predicted molar refractivity (Wildman–Crippen MR) is 86.0 cm³/mol. The summed E-state index contributed by atoms with van der Waals surface area (Å²) in [5, 5.41) is 2.67. The summed E-state index contributed by atoms with van der Waals surface area (Å²) in [6.07, 6.45) is 12.9. The molecule has 2 amide bonds. The van der Waals surface area contributed by atoms with E-state index in [2.05, 4.69) is 12.2 Å². The fraction of sp³-hybridized carbons (Fsp3) is 0.882. The van der Waals surface area contributed by atoms with Crippen LogP contribution in [0.5, 0.6) is 0 Å². The van der Waals surface area contributed by atoms with Crippen LogP contribution in [-0.2, 0) is 9.59 Å². The van der Waals surface area contributed by atoms with Crippen LogP contribution < -0.4 is 5.32 Å². The average molecular weight is 296 g/mol. The molecule has 0 spiro atoms. The summed E-state index contributed by atoms with van der Waals surface area (Å²) in [6.45, 7) is 4.97. The normalized spacial score (nSPS) is 19.0. The molecular formula is C17H32N2O2. The van der Waals surface area contributed by atoms with Gasteiger partial charge in [0.15, 0.2) is 0 Å². The first-order valence-electron chi connectivity index (χ1n) is 8.73. The Hall–Kier alpha value is -1.06. The molecule has 1 saturated heterocycles. The van der Waals surface area contributed by atoms with Crippen molar-refractivity contribution >= 4 is 11.8 Å². The zero-order valence-electron chi connectivity index (χ0n) is 13.8. The molecule has 0 bridgehead atoms. The van der Waals surface area contributed by atoms with Crippen molar-refractivity contribution in [3.8, 4) is 0 Å². The van der Waals surface area contributed by atoms with Gasteiger partial charge in [0, 0.05) is 6.54 Å². The number of amides is 2. The first-order valence-corrected chi connectivity index (χ1v) is 8.73. The Labute approximate surface area is 129 Å². The summed E-state index contributed by atoms with van der Waals surface area (Å²) in [6, 6.07) is -0.352. The Morgan fingerprint density at radius 3 is 2.05 bits per heavy atom. The fourth-order valence-electron chi connectivity index (χ4n) is 2.85. The van der Waals surface area contributed by atoms with Crippen LogP contribution in [0.2, 0.25) is 0 Å². The van der Waals surface area contributed by atoms with Crippen molar-refractivity contribution in [2.45, 2.75) is 84.1 Å². The van der Waals surface area contributed by atoms with Crippen LogP contribution in [0, 0.1) is 0 Å². The second kappa shape index (κ2) is 10.6. The van der Waals surface area contributed by atoms with Gasteiger partial charge in [0.2, 0.25) is 11.8 Å². The van der Waals surface area contributed by atoms with E-state index in [0.717, 1.165) is 19.4 Å².